The van der Waals surface area contributed by atoms with E-state index >= 15 is 0 Å². The normalized spacial score (nSPS) is 10.2. The van der Waals surface area contributed by atoms with Crippen LogP contribution in [-0.2, 0) is 16.0 Å². The maximum absolute atomic E-state index is 12.7. The van der Waals surface area contributed by atoms with Crippen LogP contribution in [0.25, 0.3) is 11.4 Å². The monoisotopic (exact) mass is 401 g/mol. The maximum Gasteiger partial charge on any atom is 0.355 e. The van der Waals surface area contributed by atoms with Crippen molar-refractivity contribution in [1.82, 2.24) is 14.3 Å². The van der Waals surface area contributed by atoms with Gasteiger partial charge in [0.25, 0.3) is 0 Å². The highest BCUT2D eigenvalue weighted by molar-refractivity contribution is 5.95. The predicted octanol–water partition coefficient (Wildman–Crippen LogP) is 1.83. The number of amidine groups is 1. The molecule has 0 atom stereocenters. The number of methoxy groups -OCH3 is 1. The van der Waals surface area contributed by atoms with Gasteiger partial charge in [-0.1, -0.05) is 12.1 Å². The molecule has 8 nitrogen and oxygen atoms in total. The van der Waals surface area contributed by atoms with Crippen LogP contribution in [0.15, 0.2) is 59.7 Å². The van der Waals surface area contributed by atoms with E-state index in [0.717, 1.165) is 5.56 Å². The van der Waals surface area contributed by atoms with Crippen molar-refractivity contribution in [3.63, 3.8) is 0 Å². The summed E-state index contributed by atoms with van der Waals surface area (Å²) in [6.45, 7) is 0. The molecule has 1 heterocycles. The third-order valence-electron chi connectivity index (χ3n) is 4.15. The first kappa shape index (κ1) is 20.9. The molecule has 0 saturated carbocycles. The lowest BCUT2D eigenvalue weighted by atomic mass is 10.1. The first-order valence-electron chi connectivity index (χ1n) is 8.27. The lowest BCUT2D eigenvalue weighted by molar-refractivity contribution is -0.140. The van der Waals surface area contributed by atoms with Crippen LogP contribution in [0.1, 0.15) is 17.5 Å². The zero-order valence-corrected chi connectivity index (χ0v) is 16.0. The summed E-state index contributed by atoms with van der Waals surface area (Å²) in [5, 5.41) is 11.6. The Hall–Kier alpha value is -3.39. The van der Waals surface area contributed by atoms with E-state index in [1.807, 2.05) is 12.1 Å². The minimum Gasteiger partial charge on any atom is -0.469 e. The van der Waals surface area contributed by atoms with Crippen LogP contribution in [0.2, 0.25) is 0 Å². The third-order valence-corrected chi connectivity index (χ3v) is 4.15. The Kier molecular flexibility index (Phi) is 6.73. The number of benzene rings is 2. The molecule has 0 unspecified atom stereocenters. The Morgan fingerprint density at radius 3 is 2.29 bits per heavy atom. The second-order valence-corrected chi connectivity index (χ2v) is 5.90. The number of rotatable bonds is 6. The molecular weight excluding hydrogens is 382 g/mol. The van der Waals surface area contributed by atoms with Crippen LogP contribution < -0.4 is 11.4 Å². The fourth-order valence-electron chi connectivity index (χ4n) is 2.61. The van der Waals surface area contributed by atoms with Crippen LogP contribution in [0.4, 0.5) is 0 Å². The van der Waals surface area contributed by atoms with E-state index in [1.165, 1.54) is 22.7 Å². The molecule has 2 aromatic carbocycles. The van der Waals surface area contributed by atoms with Gasteiger partial charge in [-0.25, -0.2) is 9.36 Å². The first-order chi connectivity index (χ1) is 13.0. The largest absolute Gasteiger partial charge is 0.469 e. The highest BCUT2D eigenvalue weighted by Crippen LogP contribution is 2.11. The molecule has 3 aromatic rings. The second kappa shape index (κ2) is 9.01. The van der Waals surface area contributed by atoms with Crippen molar-refractivity contribution in [3.05, 3.63) is 76.5 Å². The van der Waals surface area contributed by atoms with Crippen LogP contribution in [0.5, 0.6) is 0 Å². The topological polar surface area (TPSA) is 116 Å². The van der Waals surface area contributed by atoms with Crippen LogP contribution in [-0.4, -0.2) is 33.3 Å². The molecular formula is C19H20ClN5O3. The van der Waals surface area contributed by atoms with Crippen molar-refractivity contribution < 1.29 is 9.53 Å². The van der Waals surface area contributed by atoms with Gasteiger partial charge in [0, 0.05) is 12.0 Å². The number of hydrogen-bond donors (Lipinski definition) is 2. The van der Waals surface area contributed by atoms with E-state index in [-0.39, 0.29) is 29.9 Å². The zero-order valence-electron chi connectivity index (χ0n) is 15.2. The van der Waals surface area contributed by atoms with Gasteiger partial charge in [-0.3, -0.25) is 10.2 Å². The van der Waals surface area contributed by atoms with E-state index in [2.05, 4.69) is 9.84 Å². The molecule has 0 aliphatic carbocycles. The van der Waals surface area contributed by atoms with Gasteiger partial charge in [0.15, 0.2) is 0 Å². The number of hydrogen-bond acceptors (Lipinski definition) is 5. The van der Waals surface area contributed by atoms with Gasteiger partial charge in [-0.05, 0) is 48.4 Å². The van der Waals surface area contributed by atoms with Crippen molar-refractivity contribution in [3.8, 4) is 11.4 Å². The van der Waals surface area contributed by atoms with Crippen molar-refractivity contribution in [1.29, 1.82) is 5.41 Å². The fraction of sp³-hybridized carbons (Fsp3) is 0.158. The van der Waals surface area contributed by atoms with E-state index in [0.29, 0.717) is 29.8 Å². The summed E-state index contributed by atoms with van der Waals surface area (Å²) in [6, 6.07) is 14.0. The summed E-state index contributed by atoms with van der Waals surface area (Å²) in [4.78, 5) is 23.9. The summed E-state index contributed by atoms with van der Waals surface area (Å²) < 4.78 is 7.34. The fourth-order valence-corrected chi connectivity index (χ4v) is 2.61. The highest BCUT2D eigenvalue weighted by Gasteiger charge is 2.09. The number of nitrogen functional groups attached to an aromatic ring is 1. The molecule has 1 aromatic heterocycles. The maximum atomic E-state index is 12.7. The van der Waals surface area contributed by atoms with Crippen molar-refractivity contribution in [2.75, 3.05) is 7.11 Å². The van der Waals surface area contributed by atoms with Gasteiger partial charge in [0.2, 0.25) is 0 Å². The smallest absolute Gasteiger partial charge is 0.355 e. The molecule has 0 amide bonds. The van der Waals surface area contributed by atoms with Crippen molar-refractivity contribution in [2.24, 2.45) is 5.73 Å². The lowest BCUT2D eigenvalue weighted by Crippen LogP contribution is -2.22. The van der Waals surface area contributed by atoms with E-state index in [9.17, 15) is 9.59 Å². The number of carbonyl (C=O) groups excluding carboxylic acids is 1. The van der Waals surface area contributed by atoms with Crippen molar-refractivity contribution in [2.45, 2.75) is 12.8 Å². The van der Waals surface area contributed by atoms with Gasteiger partial charge in [-0.2, -0.15) is 9.78 Å². The van der Waals surface area contributed by atoms with Gasteiger partial charge in [0.1, 0.15) is 12.2 Å². The molecule has 146 valence electrons. The number of nitrogens with one attached hydrogen (secondary N) is 1. The summed E-state index contributed by atoms with van der Waals surface area (Å²) in [5.74, 6) is -0.293. The lowest BCUT2D eigenvalue weighted by Gasteiger charge is -2.04. The number of carbonyl (C=O) groups is 1. The minimum atomic E-state index is -0.312. The SMILES string of the molecule is COC(=O)CCc1ccc(-n2cnn(-c3ccc(C(=N)N)cc3)c2=O)cc1.Cl. The summed E-state index contributed by atoms with van der Waals surface area (Å²) in [5.41, 5.74) is 7.94. The summed E-state index contributed by atoms with van der Waals surface area (Å²) in [6.07, 6.45) is 2.33. The Labute approximate surface area is 167 Å². The van der Waals surface area contributed by atoms with Gasteiger partial charge >= 0.3 is 11.7 Å². The molecule has 0 fully saturated rings. The van der Waals surface area contributed by atoms with Gasteiger partial charge < -0.3 is 10.5 Å². The van der Waals surface area contributed by atoms with E-state index < -0.39 is 0 Å². The van der Waals surface area contributed by atoms with Crippen molar-refractivity contribution >= 4 is 24.2 Å². The Bertz CT molecular complexity index is 1020. The van der Waals surface area contributed by atoms with Gasteiger partial charge in [0.05, 0.1) is 18.5 Å². The molecule has 3 rings (SSSR count). The molecule has 0 bridgehead atoms. The molecule has 0 aliphatic rings. The average Bonchev–Trinajstić information content (AvgIpc) is 3.08. The van der Waals surface area contributed by atoms with Crippen LogP contribution >= 0.6 is 12.4 Å². The molecule has 9 heteroatoms. The number of aryl methyl sites for hydroxylation is 1. The number of esters is 1. The predicted molar refractivity (Wildman–Crippen MR) is 108 cm³/mol. The van der Waals surface area contributed by atoms with Crippen LogP contribution in [0, 0.1) is 5.41 Å². The Balaban J connectivity index is 0.00000280. The minimum absolute atomic E-state index is 0. The number of nitrogens with two attached hydrogens (primary N) is 1. The molecule has 0 spiro atoms. The Morgan fingerprint density at radius 2 is 1.71 bits per heavy atom. The molecule has 28 heavy (non-hydrogen) atoms. The standard InChI is InChI=1S/C19H19N5O3.ClH/c1-27-17(25)11-4-13-2-7-15(8-3-13)23-12-22-24(19(23)26)16-9-5-14(6-10-16)18(20)21;/h2-3,5-10,12H,4,11H2,1H3,(H3,20,21);1H. The molecule has 0 saturated heterocycles. The zero-order chi connectivity index (χ0) is 19.4. The second-order valence-electron chi connectivity index (χ2n) is 5.90. The summed E-state index contributed by atoms with van der Waals surface area (Å²) in [7, 11) is 1.36. The highest BCUT2D eigenvalue weighted by atomic mass is 35.5. The number of nitrogens with zero attached hydrogens (tertiary/aromatic N) is 3. The first-order valence-corrected chi connectivity index (χ1v) is 8.27. The quantitative estimate of drug-likeness (QED) is 0.371. The molecule has 0 aliphatic heterocycles. The number of ether oxygens (including phenoxy) is 1. The summed E-state index contributed by atoms with van der Waals surface area (Å²) >= 11 is 0. The van der Waals surface area contributed by atoms with E-state index in [4.69, 9.17) is 11.1 Å². The number of halogens is 1. The van der Waals surface area contributed by atoms with Gasteiger partial charge in [-0.15, -0.1) is 12.4 Å². The molecule has 3 N–H and O–H groups in total. The van der Waals surface area contributed by atoms with E-state index in [1.54, 1.807) is 36.4 Å². The Morgan fingerprint density at radius 1 is 1.11 bits per heavy atom. The molecule has 0 radical (unpaired) electrons. The average molecular weight is 402 g/mol. The number of aromatic nitrogens is 3. The third kappa shape index (κ3) is 4.47. The van der Waals surface area contributed by atoms with Crippen LogP contribution in [0.3, 0.4) is 0 Å².